The van der Waals surface area contributed by atoms with Gasteiger partial charge in [0.05, 0.1) is 9.75 Å². The highest BCUT2D eigenvalue weighted by Gasteiger charge is 2.24. The summed E-state index contributed by atoms with van der Waals surface area (Å²) >= 11 is 3.42. The second kappa shape index (κ2) is 6.15. The number of hydrogen-bond acceptors (Lipinski definition) is 4. The molecule has 0 radical (unpaired) electrons. The number of nitrogens with zero attached hydrogens (tertiary/aromatic N) is 4. The van der Waals surface area contributed by atoms with E-state index in [9.17, 15) is 0 Å². The molecule has 6 heteroatoms. The third-order valence-corrected chi connectivity index (χ3v) is 6.55. The topological polar surface area (TPSA) is 34.6 Å². The van der Waals surface area contributed by atoms with Crippen LogP contribution in [0.3, 0.4) is 0 Å². The summed E-state index contributed by atoms with van der Waals surface area (Å²) in [6, 6.07) is 20.6. The van der Waals surface area contributed by atoms with E-state index in [2.05, 4.69) is 68.4 Å². The highest BCUT2D eigenvalue weighted by molar-refractivity contribution is 7.13. The lowest BCUT2D eigenvalue weighted by molar-refractivity contribution is 1.13. The molecule has 6 aromatic rings. The minimum Gasteiger partial charge on any atom is -0.298 e. The van der Waals surface area contributed by atoms with E-state index in [-0.39, 0.29) is 0 Å². The molecule has 0 aliphatic rings. The van der Waals surface area contributed by atoms with E-state index >= 15 is 0 Å². The van der Waals surface area contributed by atoms with Crippen LogP contribution in [0.25, 0.3) is 43.8 Å². The van der Waals surface area contributed by atoms with Crippen molar-refractivity contribution >= 4 is 34.0 Å². The Morgan fingerprint density at radius 2 is 1.07 bits per heavy atom. The van der Waals surface area contributed by atoms with Crippen LogP contribution in [-0.4, -0.2) is 18.8 Å². The van der Waals surface area contributed by atoms with Crippen LogP contribution in [0.5, 0.6) is 0 Å². The number of rotatable bonds is 3. The maximum Gasteiger partial charge on any atom is 0.138 e. The van der Waals surface area contributed by atoms with Crippen LogP contribution in [0.2, 0.25) is 0 Å². The second-order valence-electron chi connectivity index (χ2n) is 6.43. The predicted octanol–water partition coefficient (Wildman–Crippen LogP) is 6.11. The molecule has 0 saturated carbocycles. The lowest BCUT2D eigenvalue weighted by Gasteiger charge is -2.07. The summed E-state index contributed by atoms with van der Waals surface area (Å²) < 4.78 is 4.34. The Balaban J connectivity index is 1.79. The molecule has 0 aliphatic carbocycles. The first-order valence-corrected chi connectivity index (χ1v) is 10.7. The van der Waals surface area contributed by atoms with Gasteiger partial charge in [-0.25, -0.2) is 9.97 Å². The summed E-state index contributed by atoms with van der Waals surface area (Å²) in [4.78, 5) is 12.3. The van der Waals surface area contributed by atoms with Crippen LogP contribution in [0, 0.1) is 0 Å². The zero-order valence-electron chi connectivity index (χ0n) is 14.7. The maximum atomic E-state index is 4.98. The molecule has 0 aromatic carbocycles. The molecule has 0 atom stereocenters. The molecule has 28 heavy (non-hydrogen) atoms. The van der Waals surface area contributed by atoms with Crippen LogP contribution in [0.1, 0.15) is 0 Å². The largest absolute Gasteiger partial charge is 0.298 e. The summed E-state index contributed by atoms with van der Waals surface area (Å²) in [5, 5.41) is 4.19. The van der Waals surface area contributed by atoms with Crippen molar-refractivity contribution in [3.63, 3.8) is 0 Å². The van der Waals surface area contributed by atoms with E-state index in [4.69, 9.17) is 9.97 Å². The van der Waals surface area contributed by atoms with E-state index in [0.29, 0.717) is 0 Å². The van der Waals surface area contributed by atoms with Crippen molar-refractivity contribution in [1.82, 2.24) is 18.8 Å². The molecule has 0 unspecified atom stereocenters. The van der Waals surface area contributed by atoms with Gasteiger partial charge in [0, 0.05) is 12.4 Å². The van der Waals surface area contributed by atoms with Gasteiger partial charge in [-0.15, -0.1) is 22.7 Å². The Kier molecular flexibility index (Phi) is 3.47. The first-order valence-electron chi connectivity index (χ1n) is 8.92. The normalized spacial score (nSPS) is 11.6. The Hall–Kier alpha value is -3.22. The van der Waals surface area contributed by atoms with Crippen molar-refractivity contribution < 1.29 is 0 Å². The van der Waals surface area contributed by atoms with Gasteiger partial charge < -0.3 is 0 Å². The van der Waals surface area contributed by atoms with Crippen LogP contribution < -0.4 is 0 Å². The standard InChI is InChI=1S/C22H14N4S2/c1-3-11-25-17(9-1)23-19(15-7-5-13-27-15)21(25)22-20(16-8-6-14-28-16)24-18-10-2-4-12-26(18)22/h1-14H. The van der Waals surface area contributed by atoms with Crippen molar-refractivity contribution in [2.75, 3.05) is 0 Å². The van der Waals surface area contributed by atoms with Crippen LogP contribution in [0.4, 0.5) is 0 Å². The lowest BCUT2D eigenvalue weighted by Crippen LogP contribution is -1.94. The Bertz CT molecular complexity index is 1300. The molecule has 0 spiro atoms. The van der Waals surface area contributed by atoms with Gasteiger partial charge in [0.25, 0.3) is 0 Å². The maximum absolute atomic E-state index is 4.98. The smallest absolute Gasteiger partial charge is 0.138 e. The summed E-state index contributed by atoms with van der Waals surface area (Å²) in [5.74, 6) is 0. The van der Waals surface area contributed by atoms with Gasteiger partial charge in [0.1, 0.15) is 34.1 Å². The van der Waals surface area contributed by atoms with E-state index in [1.165, 1.54) is 0 Å². The second-order valence-corrected chi connectivity index (χ2v) is 8.33. The zero-order chi connectivity index (χ0) is 18.5. The molecule has 0 aliphatic heterocycles. The molecular weight excluding hydrogens is 384 g/mol. The molecule has 6 aromatic heterocycles. The van der Waals surface area contributed by atoms with Crippen molar-refractivity contribution in [2.45, 2.75) is 0 Å². The number of hydrogen-bond donors (Lipinski definition) is 0. The number of imidazole rings is 2. The van der Waals surface area contributed by atoms with Gasteiger partial charge >= 0.3 is 0 Å². The Morgan fingerprint density at radius 1 is 0.571 bits per heavy atom. The summed E-state index contributed by atoms with van der Waals surface area (Å²) in [6.45, 7) is 0. The van der Waals surface area contributed by atoms with Gasteiger partial charge in [-0.05, 0) is 47.2 Å². The first kappa shape index (κ1) is 15.8. The highest BCUT2D eigenvalue weighted by atomic mass is 32.1. The van der Waals surface area contributed by atoms with Crippen LogP contribution >= 0.6 is 22.7 Å². The van der Waals surface area contributed by atoms with Crippen molar-refractivity contribution in [1.29, 1.82) is 0 Å². The Morgan fingerprint density at radius 3 is 1.50 bits per heavy atom. The van der Waals surface area contributed by atoms with Gasteiger partial charge in [0.2, 0.25) is 0 Å². The summed E-state index contributed by atoms with van der Waals surface area (Å²) in [5.41, 5.74) is 5.99. The average Bonchev–Trinajstić information content (AvgIpc) is 3.52. The van der Waals surface area contributed by atoms with Gasteiger partial charge in [-0.1, -0.05) is 24.3 Å². The van der Waals surface area contributed by atoms with E-state index < -0.39 is 0 Å². The summed E-state index contributed by atoms with van der Waals surface area (Å²) in [6.07, 6.45) is 4.16. The highest BCUT2D eigenvalue weighted by Crippen LogP contribution is 2.41. The predicted molar refractivity (Wildman–Crippen MR) is 116 cm³/mol. The fourth-order valence-electron chi connectivity index (χ4n) is 3.61. The van der Waals surface area contributed by atoms with E-state index in [1.807, 2.05) is 24.3 Å². The molecule has 134 valence electrons. The van der Waals surface area contributed by atoms with Gasteiger partial charge in [-0.2, -0.15) is 0 Å². The average molecular weight is 399 g/mol. The molecule has 0 bridgehead atoms. The fraction of sp³-hybridized carbons (Fsp3) is 0. The minimum absolute atomic E-state index is 0.934. The van der Waals surface area contributed by atoms with Crippen molar-refractivity contribution in [3.8, 4) is 32.5 Å². The minimum atomic E-state index is 0.934. The number of pyridine rings is 2. The Labute approximate surface area is 169 Å². The van der Waals surface area contributed by atoms with Crippen molar-refractivity contribution in [3.05, 3.63) is 83.8 Å². The monoisotopic (exact) mass is 398 g/mol. The quantitative estimate of drug-likeness (QED) is 0.361. The fourth-order valence-corrected chi connectivity index (χ4v) is 5.04. The molecule has 4 nitrogen and oxygen atoms in total. The molecule has 0 fully saturated rings. The number of aromatic nitrogens is 4. The molecule has 6 rings (SSSR count). The SMILES string of the molecule is c1csc(-c2nc3ccccn3c2-c2c(-c3cccs3)nc3ccccn23)c1. The third-order valence-electron chi connectivity index (χ3n) is 4.79. The number of thiophene rings is 2. The molecule has 0 N–H and O–H groups in total. The molecule has 0 amide bonds. The van der Waals surface area contributed by atoms with Crippen LogP contribution in [-0.2, 0) is 0 Å². The summed E-state index contributed by atoms with van der Waals surface area (Å²) in [7, 11) is 0. The van der Waals surface area contributed by atoms with Crippen molar-refractivity contribution in [2.24, 2.45) is 0 Å². The lowest BCUT2D eigenvalue weighted by atomic mass is 10.1. The first-order chi connectivity index (χ1) is 13.9. The number of fused-ring (bicyclic) bond motifs is 2. The van der Waals surface area contributed by atoms with E-state index in [1.54, 1.807) is 22.7 Å². The van der Waals surface area contributed by atoms with E-state index in [0.717, 1.165) is 43.8 Å². The third kappa shape index (κ3) is 2.28. The van der Waals surface area contributed by atoms with Crippen LogP contribution in [0.15, 0.2) is 83.8 Å². The molecule has 0 saturated heterocycles. The molecule has 6 heterocycles. The van der Waals surface area contributed by atoms with Gasteiger partial charge in [-0.3, -0.25) is 8.80 Å². The van der Waals surface area contributed by atoms with Gasteiger partial charge in [0.15, 0.2) is 0 Å². The molecular formula is C22H14N4S2. The zero-order valence-corrected chi connectivity index (χ0v) is 16.3.